The quantitative estimate of drug-likeness (QED) is 0.826. The Hall–Kier alpha value is -1.57. The number of hydrogen-bond donors (Lipinski definition) is 2. The molecule has 0 amide bonds. The van der Waals surface area contributed by atoms with Gasteiger partial charge in [-0.05, 0) is 48.9 Å². The number of primary sulfonamides is 1. The van der Waals surface area contributed by atoms with Crippen molar-refractivity contribution in [3.8, 4) is 11.5 Å². The Morgan fingerprint density at radius 1 is 1.10 bits per heavy atom. The number of benzene rings is 2. The molecule has 0 unspecified atom stereocenters. The van der Waals surface area contributed by atoms with Gasteiger partial charge < -0.3 is 10.5 Å². The van der Waals surface area contributed by atoms with Gasteiger partial charge in [0.15, 0.2) is 0 Å². The zero-order valence-corrected chi connectivity index (χ0v) is 13.0. The second kappa shape index (κ2) is 5.43. The molecule has 0 atom stereocenters. The summed E-state index contributed by atoms with van der Waals surface area (Å²) in [5.41, 5.74) is 6.74. The van der Waals surface area contributed by atoms with Crippen LogP contribution < -0.4 is 15.6 Å². The van der Waals surface area contributed by atoms with Crippen LogP contribution >= 0.6 is 15.9 Å². The zero-order valence-electron chi connectivity index (χ0n) is 10.6. The first kappa shape index (κ1) is 14.8. The molecule has 4 N–H and O–H groups in total. The van der Waals surface area contributed by atoms with E-state index >= 15 is 0 Å². The normalized spacial score (nSPS) is 11.3. The second-order valence-electron chi connectivity index (χ2n) is 4.26. The average Bonchev–Trinajstić information content (AvgIpc) is 2.33. The van der Waals surface area contributed by atoms with Crippen LogP contribution in [0.4, 0.5) is 5.69 Å². The summed E-state index contributed by atoms with van der Waals surface area (Å²) in [6.07, 6.45) is 0. The summed E-state index contributed by atoms with van der Waals surface area (Å²) < 4.78 is 29.7. The molecule has 0 aliphatic carbocycles. The minimum atomic E-state index is -3.91. The predicted molar refractivity (Wildman–Crippen MR) is 81.2 cm³/mol. The van der Waals surface area contributed by atoms with E-state index in [0.717, 1.165) is 10.0 Å². The van der Waals surface area contributed by atoms with Crippen LogP contribution in [0.3, 0.4) is 0 Å². The fraction of sp³-hybridized carbons (Fsp3) is 0.0769. The lowest BCUT2D eigenvalue weighted by atomic mass is 10.2. The van der Waals surface area contributed by atoms with Crippen molar-refractivity contribution in [1.82, 2.24) is 0 Å². The lowest BCUT2D eigenvalue weighted by molar-refractivity contribution is 0.464. The fourth-order valence-corrected chi connectivity index (χ4v) is 2.84. The van der Waals surface area contributed by atoms with Crippen LogP contribution in [0.15, 0.2) is 45.8 Å². The minimum Gasteiger partial charge on any atom is -0.456 e. The Morgan fingerprint density at radius 3 is 2.35 bits per heavy atom. The van der Waals surface area contributed by atoms with Crippen LogP contribution in [0.5, 0.6) is 11.5 Å². The van der Waals surface area contributed by atoms with Crippen molar-refractivity contribution in [2.24, 2.45) is 5.14 Å². The Labute approximate surface area is 125 Å². The van der Waals surface area contributed by atoms with Crippen molar-refractivity contribution in [1.29, 1.82) is 0 Å². The molecule has 2 rings (SSSR count). The number of hydrogen-bond acceptors (Lipinski definition) is 4. The molecule has 5 nitrogen and oxygen atoms in total. The van der Waals surface area contributed by atoms with Crippen molar-refractivity contribution in [3.05, 3.63) is 46.4 Å². The van der Waals surface area contributed by atoms with Gasteiger partial charge in [0.1, 0.15) is 16.4 Å². The molecule has 0 aromatic heterocycles. The molecule has 106 valence electrons. The van der Waals surface area contributed by atoms with Crippen LogP contribution in [0, 0.1) is 6.92 Å². The second-order valence-corrected chi connectivity index (χ2v) is 6.71. The predicted octanol–water partition coefficient (Wildman–Crippen LogP) is 2.78. The van der Waals surface area contributed by atoms with Crippen molar-refractivity contribution in [2.75, 3.05) is 5.73 Å². The lowest BCUT2D eigenvalue weighted by Gasteiger charge is -2.12. The van der Waals surface area contributed by atoms with Crippen molar-refractivity contribution in [2.45, 2.75) is 11.8 Å². The van der Waals surface area contributed by atoms with Crippen molar-refractivity contribution >= 4 is 31.6 Å². The molecule has 7 heteroatoms. The molecule has 0 aliphatic heterocycles. The number of aryl methyl sites for hydroxylation is 1. The van der Waals surface area contributed by atoms with Gasteiger partial charge in [0, 0.05) is 10.2 Å². The maximum absolute atomic E-state index is 11.6. The molecule has 0 fully saturated rings. The van der Waals surface area contributed by atoms with Gasteiger partial charge in [-0.15, -0.1) is 0 Å². The molecular formula is C13H13BrN2O3S. The summed E-state index contributed by atoms with van der Waals surface area (Å²) in [7, 11) is -3.91. The van der Waals surface area contributed by atoms with E-state index in [4.69, 9.17) is 15.6 Å². The maximum Gasteiger partial charge on any atom is 0.241 e. The molecule has 0 spiro atoms. The van der Waals surface area contributed by atoms with E-state index in [-0.39, 0.29) is 10.6 Å². The summed E-state index contributed by atoms with van der Waals surface area (Å²) in [5.74, 6) is 0.690. The molecule has 2 aromatic rings. The van der Waals surface area contributed by atoms with Crippen molar-refractivity contribution in [3.63, 3.8) is 0 Å². The lowest BCUT2D eigenvalue weighted by Crippen LogP contribution is -2.13. The first-order valence-electron chi connectivity index (χ1n) is 5.64. The molecule has 0 aliphatic rings. The topological polar surface area (TPSA) is 95.4 Å². The van der Waals surface area contributed by atoms with E-state index in [1.165, 1.54) is 12.1 Å². The highest BCUT2D eigenvalue weighted by molar-refractivity contribution is 9.10. The van der Waals surface area contributed by atoms with E-state index in [9.17, 15) is 8.42 Å². The number of nitrogens with two attached hydrogens (primary N) is 2. The number of anilines is 1. The van der Waals surface area contributed by atoms with E-state index < -0.39 is 10.0 Å². The highest BCUT2D eigenvalue weighted by Gasteiger charge is 2.17. The molecule has 0 heterocycles. The molecule has 0 radical (unpaired) electrons. The van der Waals surface area contributed by atoms with Gasteiger partial charge in [0.05, 0.1) is 0 Å². The molecule has 0 saturated heterocycles. The van der Waals surface area contributed by atoms with Gasteiger partial charge in [-0.1, -0.05) is 15.9 Å². The highest BCUT2D eigenvalue weighted by atomic mass is 79.9. The van der Waals surface area contributed by atoms with Crippen LogP contribution in [0.1, 0.15) is 5.56 Å². The Balaban J connectivity index is 2.49. The monoisotopic (exact) mass is 356 g/mol. The van der Waals surface area contributed by atoms with Gasteiger partial charge in [-0.2, -0.15) is 0 Å². The number of sulfonamides is 1. The van der Waals surface area contributed by atoms with Crippen molar-refractivity contribution < 1.29 is 13.2 Å². The zero-order chi connectivity index (χ0) is 14.9. The minimum absolute atomic E-state index is 0.139. The van der Waals surface area contributed by atoms with E-state index in [1.54, 1.807) is 18.2 Å². The average molecular weight is 357 g/mol. The maximum atomic E-state index is 11.6. The number of halogens is 1. The van der Waals surface area contributed by atoms with Gasteiger partial charge >= 0.3 is 0 Å². The van der Waals surface area contributed by atoms with E-state index in [0.29, 0.717) is 11.4 Å². The summed E-state index contributed by atoms with van der Waals surface area (Å²) in [4.78, 5) is -0.139. The number of rotatable bonds is 3. The van der Waals surface area contributed by atoms with Crippen LogP contribution in [-0.2, 0) is 10.0 Å². The fourth-order valence-electron chi connectivity index (χ4n) is 1.68. The third-order valence-corrected chi connectivity index (χ3v) is 4.06. The van der Waals surface area contributed by atoms with Crippen LogP contribution in [0.25, 0.3) is 0 Å². The number of nitrogen functional groups attached to an aromatic ring is 1. The standard InChI is InChI=1S/C13H13BrN2O3S/c1-8-6-9(14)2-4-11(8)19-12-5-3-10(15)7-13(12)20(16,17)18/h2-7H,15H2,1H3,(H2,16,17,18). The smallest absolute Gasteiger partial charge is 0.241 e. The highest BCUT2D eigenvalue weighted by Crippen LogP contribution is 2.32. The van der Waals surface area contributed by atoms with Gasteiger partial charge in [-0.3, -0.25) is 0 Å². The van der Waals surface area contributed by atoms with Crippen LogP contribution in [0.2, 0.25) is 0 Å². The SMILES string of the molecule is Cc1cc(Br)ccc1Oc1ccc(N)cc1S(N)(=O)=O. The molecule has 0 saturated carbocycles. The van der Waals surface area contributed by atoms with Gasteiger partial charge in [0.2, 0.25) is 10.0 Å². The van der Waals surface area contributed by atoms with E-state index in [1.807, 2.05) is 13.0 Å². The Kier molecular flexibility index (Phi) is 4.03. The molecule has 2 aromatic carbocycles. The summed E-state index contributed by atoms with van der Waals surface area (Å²) >= 11 is 3.35. The van der Waals surface area contributed by atoms with Gasteiger partial charge in [0.25, 0.3) is 0 Å². The Morgan fingerprint density at radius 2 is 1.75 bits per heavy atom. The largest absolute Gasteiger partial charge is 0.456 e. The molecular weight excluding hydrogens is 344 g/mol. The Bertz CT molecular complexity index is 760. The van der Waals surface area contributed by atoms with E-state index in [2.05, 4.69) is 15.9 Å². The summed E-state index contributed by atoms with van der Waals surface area (Å²) in [6.45, 7) is 1.86. The van der Waals surface area contributed by atoms with Crippen LogP contribution in [-0.4, -0.2) is 8.42 Å². The summed E-state index contributed by atoms with van der Waals surface area (Å²) in [6, 6.07) is 9.72. The number of ether oxygens (including phenoxy) is 1. The summed E-state index contributed by atoms with van der Waals surface area (Å²) in [5, 5.41) is 5.17. The molecule has 20 heavy (non-hydrogen) atoms. The molecule has 0 bridgehead atoms. The van der Waals surface area contributed by atoms with Gasteiger partial charge in [-0.25, -0.2) is 13.6 Å². The first-order valence-corrected chi connectivity index (χ1v) is 7.97. The first-order chi connectivity index (χ1) is 9.27. The third-order valence-electron chi connectivity index (χ3n) is 2.63. The third kappa shape index (κ3) is 3.30.